The zero-order chi connectivity index (χ0) is 13.0. The largest absolute Gasteiger partial charge is 0.464 e. The van der Waals surface area contributed by atoms with Crippen molar-refractivity contribution in [3.63, 3.8) is 0 Å². The van der Waals surface area contributed by atoms with Gasteiger partial charge in [-0.2, -0.15) is 0 Å². The van der Waals surface area contributed by atoms with E-state index in [0.717, 1.165) is 31.7 Å². The predicted octanol–water partition coefficient (Wildman–Crippen LogP) is 0.878. The Morgan fingerprint density at radius 3 is 2.67 bits per heavy atom. The van der Waals surface area contributed by atoms with Crippen molar-refractivity contribution in [2.24, 2.45) is 0 Å². The Morgan fingerprint density at radius 1 is 1.33 bits per heavy atom. The molecule has 18 heavy (non-hydrogen) atoms. The van der Waals surface area contributed by atoms with Crippen molar-refractivity contribution in [3.8, 4) is 0 Å². The first kappa shape index (κ1) is 12.8. The zero-order valence-electron chi connectivity index (χ0n) is 10.6. The molecule has 0 N–H and O–H groups in total. The molecule has 1 aliphatic heterocycles. The van der Waals surface area contributed by atoms with Crippen molar-refractivity contribution in [3.05, 3.63) is 18.1 Å². The van der Waals surface area contributed by atoms with Crippen molar-refractivity contribution in [1.29, 1.82) is 0 Å². The molecule has 2 heterocycles. The van der Waals surface area contributed by atoms with Gasteiger partial charge >= 0.3 is 5.97 Å². The molecule has 1 aliphatic rings. The lowest BCUT2D eigenvalue weighted by atomic mass is 10.1. The molecule has 0 aromatic carbocycles. The summed E-state index contributed by atoms with van der Waals surface area (Å²) in [6.07, 6.45) is 3.65. The van der Waals surface area contributed by atoms with Crippen LogP contribution in [0.3, 0.4) is 0 Å². The summed E-state index contributed by atoms with van der Waals surface area (Å²) in [6, 6.07) is 1.67. The zero-order valence-corrected chi connectivity index (χ0v) is 10.6. The third kappa shape index (κ3) is 2.76. The summed E-state index contributed by atoms with van der Waals surface area (Å²) in [5.74, 6) is 0.324. The number of esters is 1. The van der Waals surface area contributed by atoms with Gasteiger partial charge in [-0.15, -0.1) is 0 Å². The first-order chi connectivity index (χ1) is 8.74. The molecular formula is C12H17N3O3. The van der Waals surface area contributed by atoms with Gasteiger partial charge in [0, 0.05) is 26.3 Å². The van der Waals surface area contributed by atoms with Gasteiger partial charge in [-0.25, -0.2) is 14.8 Å². The minimum Gasteiger partial charge on any atom is -0.464 e. The Balaban J connectivity index is 2.07. The number of ether oxygens (including phenoxy) is 2. The van der Waals surface area contributed by atoms with Crippen LogP contribution in [0.4, 0.5) is 5.82 Å². The van der Waals surface area contributed by atoms with Crippen molar-refractivity contribution >= 4 is 11.8 Å². The first-order valence-corrected chi connectivity index (χ1v) is 5.92. The third-order valence-corrected chi connectivity index (χ3v) is 3.15. The van der Waals surface area contributed by atoms with Crippen LogP contribution in [0.15, 0.2) is 12.4 Å². The molecule has 0 radical (unpaired) electrons. The van der Waals surface area contributed by atoms with Gasteiger partial charge in [0.2, 0.25) is 0 Å². The van der Waals surface area contributed by atoms with E-state index in [4.69, 9.17) is 4.74 Å². The monoisotopic (exact) mass is 251 g/mol. The van der Waals surface area contributed by atoms with Crippen LogP contribution in [0, 0.1) is 0 Å². The summed E-state index contributed by atoms with van der Waals surface area (Å²) in [4.78, 5) is 21.6. The van der Waals surface area contributed by atoms with Crippen molar-refractivity contribution in [2.45, 2.75) is 18.9 Å². The molecule has 0 aliphatic carbocycles. The Morgan fingerprint density at radius 2 is 2.06 bits per heavy atom. The number of piperidine rings is 1. The molecule has 2 rings (SSSR count). The van der Waals surface area contributed by atoms with Gasteiger partial charge < -0.3 is 14.4 Å². The summed E-state index contributed by atoms with van der Waals surface area (Å²) < 4.78 is 9.97. The lowest BCUT2D eigenvalue weighted by Gasteiger charge is -2.31. The van der Waals surface area contributed by atoms with E-state index in [2.05, 4.69) is 19.6 Å². The van der Waals surface area contributed by atoms with Gasteiger partial charge in [-0.1, -0.05) is 0 Å². The summed E-state index contributed by atoms with van der Waals surface area (Å²) in [7, 11) is 3.08. The molecular weight excluding hydrogens is 234 g/mol. The van der Waals surface area contributed by atoms with Crippen LogP contribution in [0.2, 0.25) is 0 Å². The standard InChI is InChI=1S/C12H17N3O3/c1-17-9-3-5-15(6-4-9)11-7-10(12(16)18-2)13-8-14-11/h7-9H,3-6H2,1-2H3. The highest BCUT2D eigenvalue weighted by Crippen LogP contribution is 2.19. The van der Waals surface area contributed by atoms with E-state index in [-0.39, 0.29) is 5.69 Å². The minimum absolute atomic E-state index is 0.288. The quantitative estimate of drug-likeness (QED) is 0.743. The van der Waals surface area contributed by atoms with Crippen molar-refractivity contribution in [2.75, 3.05) is 32.2 Å². The van der Waals surface area contributed by atoms with Crippen LogP contribution in [-0.4, -0.2) is 49.4 Å². The van der Waals surface area contributed by atoms with E-state index in [0.29, 0.717) is 6.10 Å². The molecule has 0 unspecified atom stereocenters. The second kappa shape index (κ2) is 5.77. The summed E-state index contributed by atoms with van der Waals surface area (Å²) in [5, 5.41) is 0. The van der Waals surface area contributed by atoms with Crippen LogP contribution in [0.25, 0.3) is 0 Å². The fourth-order valence-electron chi connectivity index (χ4n) is 2.06. The summed E-state index contributed by atoms with van der Waals surface area (Å²) >= 11 is 0. The Hall–Kier alpha value is -1.69. The van der Waals surface area contributed by atoms with E-state index in [1.807, 2.05) is 0 Å². The number of hydrogen-bond donors (Lipinski definition) is 0. The van der Waals surface area contributed by atoms with E-state index in [1.54, 1.807) is 13.2 Å². The van der Waals surface area contributed by atoms with Gasteiger partial charge in [0.15, 0.2) is 5.69 Å². The van der Waals surface area contributed by atoms with Gasteiger partial charge in [-0.05, 0) is 12.8 Å². The van der Waals surface area contributed by atoms with Crippen LogP contribution >= 0.6 is 0 Å². The molecule has 1 saturated heterocycles. The molecule has 0 spiro atoms. The normalized spacial score (nSPS) is 16.7. The number of nitrogens with zero attached hydrogens (tertiary/aromatic N) is 3. The van der Waals surface area contributed by atoms with Gasteiger partial charge in [0.25, 0.3) is 0 Å². The molecule has 0 atom stereocenters. The maximum absolute atomic E-state index is 11.4. The van der Waals surface area contributed by atoms with E-state index in [1.165, 1.54) is 13.4 Å². The highest BCUT2D eigenvalue weighted by Gasteiger charge is 2.20. The maximum atomic E-state index is 11.4. The molecule has 0 saturated carbocycles. The topological polar surface area (TPSA) is 64.5 Å². The Bertz CT molecular complexity index is 417. The van der Waals surface area contributed by atoms with Crippen LogP contribution in [0.1, 0.15) is 23.3 Å². The van der Waals surface area contributed by atoms with Gasteiger partial charge in [0.1, 0.15) is 12.1 Å². The molecule has 1 aromatic heterocycles. The number of rotatable bonds is 3. The lowest BCUT2D eigenvalue weighted by Crippen LogP contribution is -2.37. The highest BCUT2D eigenvalue weighted by atomic mass is 16.5. The highest BCUT2D eigenvalue weighted by molar-refractivity contribution is 5.87. The maximum Gasteiger partial charge on any atom is 0.356 e. The number of anilines is 1. The lowest BCUT2D eigenvalue weighted by molar-refractivity contribution is 0.0593. The molecule has 6 nitrogen and oxygen atoms in total. The summed E-state index contributed by atoms with van der Waals surface area (Å²) in [5.41, 5.74) is 0.288. The smallest absolute Gasteiger partial charge is 0.356 e. The number of methoxy groups -OCH3 is 2. The fourth-order valence-corrected chi connectivity index (χ4v) is 2.06. The second-order valence-corrected chi connectivity index (χ2v) is 4.18. The number of carbonyl (C=O) groups is 1. The fraction of sp³-hybridized carbons (Fsp3) is 0.583. The third-order valence-electron chi connectivity index (χ3n) is 3.15. The summed E-state index contributed by atoms with van der Waals surface area (Å²) in [6.45, 7) is 1.74. The molecule has 6 heteroatoms. The Kier molecular flexibility index (Phi) is 4.09. The molecule has 1 fully saturated rings. The van der Waals surface area contributed by atoms with Crippen LogP contribution in [-0.2, 0) is 9.47 Å². The SMILES string of the molecule is COC(=O)c1cc(N2CCC(OC)CC2)ncn1. The average Bonchev–Trinajstić information content (AvgIpc) is 2.46. The first-order valence-electron chi connectivity index (χ1n) is 5.92. The molecule has 0 bridgehead atoms. The van der Waals surface area contributed by atoms with Crippen LogP contribution in [0.5, 0.6) is 0 Å². The Labute approximate surface area is 106 Å². The van der Waals surface area contributed by atoms with Crippen LogP contribution < -0.4 is 4.90 Å². The molecule has 0 amide bonds. The number of carbonyl (C=O) groups excluding carboxylic acids is 1. The van der Waals surface area contributed by atoms with Crippen molar-refractivity contribution in [1.82, 2.24) is 9.97 Å². The predicted molar refractivity (Wildman–Crippen MR) is 65.6 cm³/mol. The minimum atomic E-state index is -0.439. The number of hydrogen-bond acceptors (Lipinski definition) is 6. The van der Waals surface area contributed by atoms with E-state index < -0.39 is 5.97 Å². The molecule has 98 valence electrons. The second-order valence-electron chi connectivity index (χ2n) is 4.18. The average molecular weight is 251 g/mol. The van der Waals surface area contributed by atoms with Gasteiger partial charge in [-0.3, -0.25) is 0 Å². The van der Waals surface area contributed by atoms with Crippen molar-refractivity contribution < 1.29 is 14.3 Å². The van der Waals surface area contributed by atoms with Gasteiger partial charge in [0.05, 0.1) is 13.2 Å². The number of aromatic nitrogens is 2. The van der Waals surface area contributed by atoms with E-state index >= 15 is 0 Å². The molecule has 1 aromatic rings. The van der Waals surface area contributed by atoms with E-state index in [9.17, 15) is 4.79 Å².